The normalized spacial score (nSPS) is 11.0. The first-order chi connectivity index (χ1) is 14.1. The SMILES string of the molecule is O=C(Cn1c(Cc2c(Cl)cccc2Cl)nc2ccccc21)NCc1cccnc1. The van der Waals surface area contributed by atoms with Gasteiger partial charge in [0.15, 0.2) is 0 Å². The second-order valence-corrected chi connectivity index (χ2v) is 7.43. The van der Waals surface area contributed by atoms with Crippen molar-refractivity contribution in [1.29, 1.82) is 0 Å². The van der Waals surface area contributed by atoms with Gasteiger partial charge in [0.1, 0.15) is 12.4 Å². The van der Waals surface area contributed by atoms with Crippen molar-refractivity contribution in [1.82, 2.24) is 19.9 Å². The van der Waals surface area contributed by atoms with E-state index in [1.165, 1.54) is 0 Å². The maximum absolute atomic E-state index is 12.6. The fourth-order valence-electron chi connectivity index (χ4n) is 3.20. The molecule has 0 radical (unpaired) electrons. The summed E-state index contributed by atoms with van der Waals surface area (Å²) in [6.45, 7) is 0.573. The number of hydrogen-bond acceptors (Lipinski definition) is 3. The smallest absolute Gasteiger partial charge is 0.240 e. The Balaban J connectivity index is 1.60. The summed E-state index contributed by atoms with van der Waals surface area (Å²) in [5.41, 5.74) is 3.45. The van der Waals surface area contributed by atoms with Gasteiger partial charge >= 0.3 is 0 Å². The number of aromatic nitrogens is 3. The lowest BCUT2D eigenvalue weighted by molar-refractivity contribution is -0.121. The van der Waals surface area contributed by atoms with Crippen LogP contribution >= 0.6 is 23.2 Å². The minimum atomic E-state index is -0.108. The molecular weight excluding hydrogens is 407 g/mol. The quantitative estimate of drug-likeness (QED) is 0.490. The van der Waals surface area contributed by atoms with Gasteiger partial charge in [0.2, 0.25) is 5.91 Å². The molecule has 4 rings (SSSR count). The zero-order valence-corrected chi connectivity index (χ0v) is 17.0. The fraction of sp³-hybridized carbons (Fsp3) is 0.136. The largest absolute Gasteiger partial charge is 0.350 e. The van der Waals surface area contributed by atoms with Crippen LogP contribution in [0.15, 0.2) is 67.0 Å². The van der Waals surface area contributed by atoms with Crippen LogP contribution in [0.2, 0.25) is 10.0 Å². The molecule has 146 valence electrons. The van der Waals surface area contributed by atoms with Crippen LogP contribution in [0.1, 0.15) is 17.0 Å². The number of nitrogens with one attached hydrogen (secondary N) is 1. The van der Waals surface area contributed by atoms with Crippen LogP contribution < -0.4 is 5.32 Å². The molecule has 0 unspecified atom stereocenters. The summed E-state index contributed by atoms with van der Waals surface area (Å²) in [7, 11) is 0. The Morgan fingerprint density at radius 1 is 1.00 bits per heavy atom. The molecule has 2 aromatic heterocycles. The van der Waals surface area contributed by atoms with E-state index in [0.29, 0.717) is 23.0 Å². The molecule has 0 fully saturated rings. The van der Waals surface area contributed by atoms with E-state index in [9.17, 15) is 4.79 Å². The number of benzene rings is 2. The molecule has 0 spiro atoms. The van der Waals surface area contributed by atoms with Gasteiger partial charge in [-0.3, -0.25) is 9.78 Å². The highest BCUT2D eigenvalue weighted by Gasteiger charge is 2.16. The van der Waals surface area contributed by atoms with Crippen LogP contribution in [0, 0.1) is 0 Å². The van der Waals surface area contributed by atoms with Crippen molar-refractivity contribution in [3.8, 4) is 0 Å². The van der Waals surface area contributed by atoms with E-state index in [1.54, 1.807) is 24.5 Å². The lowest BCUT2D eigenvalue weighted by atomic mass is 10.1. The summed E-state index contributed by atoms with van der Waals surface area (Å²) < 4.78 is 1.91. The summed E-state index contributed by atoms with van der Waals surface area (Å²) in [4.78, 5) is 21.4. The minimum Gasteiger partial charge on any atom is -0.350 e. The topological polar surface area (TPSA) is 59.8 Å². The first kappa shape index (κ1) is 19.4. The summed E-state index contributed by atoms with van der Waals surface area (Å²) in [6.07, 6.45) is 3.87. The van der Waals surface area contributed by atoms with Gasteiger partial charge in [0.25, 0.3) is 0 Å². The van der Waals surface area contributed by atoms with E-state index < -0.39 is 0 Å². The molecule has 2 aromatic carbocycles. The molecule has 0 saturated carbocycles. The number of amides is 1. The number of carbonyl (C=O) groups is 1. The van der Waals surface area contributed by atoms with Crippen LogP contribution in [0.25, 0.3) is 11.0 Å². The van der Waals surface area contributed by atoms with Crippen LogP contribution in [-0.2, 0) is 24.3 Å². The van der Waals surface area contributed by atoms with Crippen molar-refractivity contribution in [2.75, 3.05) is 0 Å². The van der Waals surface area contributed by atoms with Crippen molar-refractivity contribution >= 4 is 40.1 Å². The average molecular weight is 425 g/mol. The number of rotatable bonds is 6. The van der Waals surface area contributed by atoms with Gasteiger partial charge in [-0.05, 0) is 41.5 Å². The van der Waals surface area contributed by atoms with E-state index in [4.69, 9.17) is 28.2 Å². The number of fused-ring (bicyclic) bond motifs is 1. The molecule has 29 heavy (non-hydrogen) atoms. The Kier molecular flexibility index (Phi) is 5.79. The number of nitrogens with zero attached hydrogens (tertiary/aromatic N) is 3. The molecule has 1 N–H and O–H groups in total. The Bertz CT molecular complexity index is 1140. The van der Waals surface area contributed by atoms with Crippen LogP contribution in [0.4, 0.5) is 0 Å². The van der Waals surface area contributed by atoms with E-state index in [2.05, 4.69) is 10.3 Å². The molecule has 0 aliphatic rings. The number of para-hydroxylation sites is 2. The van der Waals surface area contributed by atoms with Gasteiger partial charge in [-0.1, -0.05) is 47.5 Å². The molecule has 0 aliphatic carbocycles. The Labute approximate surface area is 178 Å². The summed E-state index contributed by atoms with van der Waals surface area (Å²) in [5.74, 6) is 0.626. The van der Waals surface area contributed by atoms with E-state index in [0.717, 1.165) is 28.0 Å². The first-order valence-corrected chi connectivity index (χ1v) is 9.90. The molecule has 4 aromatic rings. The maximum Gasteiger partial charge on any atom is 0.240 e. The molecular formula is C22H18Cl2N4O. The van der Waals surface area contributed by atoms with Gasteiger partial charge in [0.05, 0.1) is 11.0 Å². The number of carbonyl (C=O) groups excluding carboxylic acids is 1. The third-order valence-electron chi connectivity index (χ3n) is 4.64. The second-order valence-electron chi connectivity index (χ2n) is 6.62. The third kappa shape index (κ3) is 4.42. The molecule has 5 nitrogen and oxygen atoms in total. The predicted molar refractivity (Wildman–Crippen MR) is 115 cm³/mol. The van der Waals surface area contributed by atoms with Crippen LogP contribution in [-0.4, -0.2) is 20.4 Å². The first-order valence-electron chi connectivity index (χ1n) is 9.14. The summed E-state index contributed by atoms with van der Waals surface area (Å²) in [6, 6.07) is 16.9. The highest BCUT2D eigenvalue weighted by molar-refractivity contribution is 6.36. The van der Waals surface area contributed by atoms with Gasteiger partial charge in [-0.2, -0.15) is 0 Å². The van der Waals surface area contributed by atoms with Crippen molar-refractivity contribution in [3.63, 3.8) is 0 Å². The molecule has 0 atom stereocenters. The monoisotopic (exact) mass is 424 g/mol. The Morgan fingerprint density at radius 2 is 1.79 bits per heavy atom. The second kappa shape index (κ2) is 8.64. The van der Waals surface area contributed by atoms with Gasteiger partial charge in [-0.15, -0.1) is 0 Å². The van der Waals surface area contributed by atoms with Crippen LogP contribution in [0.5, 0.6) is 0 Å². The van der Waals surface area contributed by atoms with Gasteiger partial charge in [0, 0.05) is 35.4 Å². The standard InChI is InChI=1S/C22H18Cl2N4O/c23-17-6-3-7-18(24)16(17)11-21-27-19-8-1-2-9-20(19)28(21)14-22(29)26-13-15-5-4-10-25-12-15/h1-10,12H,11,13-14H2,(H,26,29). The highest BCUT2D eigenvalue weighted by atomic mass is 35.5. The zero-order chi connectivity index (χ0) is 20.2. The molecule has 7 heteroatoms. The number of halogens is 2. The van der Waals surface area contributed by atoms with Gasteiger partial charge in [-0.25, -0.2) is 4.98 Å². The summed E-state index contributed by atoms with van der Waals surface area (Å²) in [5, 5.41) is 4.10. The fourth-order valence-corrected chi connectivity index (χ4v) is 3.73. The summed E-state index contributed by atoms with van der Waals surface area (Å²) >= 11 is 12.7. The van der Waals surface area contributed by atoms with E-state index in [-0.39, 0.29) is 12.5 Å². The van der Waals surface area contributed by atoms with Crippen LogP contribution in [0.3, 0.4) is 0 Å². The zero-order valence-electron chi connectivity index (χ0n) is 15.5. The highest BCUT2D eigenvalue weighted by Crippen LogP contribution is 2.28. The minimum absolute atomic E-state index is 0.108. The van der Waals surface area contributed by atoms with Gasteiger partial charge < -0.3 is 9.88 Å². The Morgan fingerprint density at radius 3 is 2.55 bits per heavy atom. The van der Waals surface area contributed by atoms with E-state index >= 15 is 0 Å². The lowest BCUT2D eigenvalue weighted by Gasteiger charge is -2.11. The van der Waals surface area contributed by atoms with Crippen molar-refractivity contribution in [2.45, 2.75) is 19.5 Å². The number of imidazole rings is 1. The third-order valence-corrected chi connectivity index (χ3v) is 5.35. The average Bonchev–Trinajstić information content (AvgIpc) is 3.07. The molecule has 0 saturated heterocycles. The van der Waals surface area contributed by atoms with Crippen molar-refractivity contribution in [2.24, 2.45) is 0 Å². The molecule has 1 amide bonds. The lowest BCUT2D eigenvalue weighted by Crippen LogP contribution is -2.27. The number of pyridine rings is 1. The molecule has 0 aliphatic heterocycles. The number of hydrogen-bond donors (Lipinski definition) is 1. The Hall–Kier alpha value is -2.89. The van der Waals surface area contributed by atoms with E-state index in [1.807, 2.05) is 47.0 Å². The van der Waals surface area contributed by atoms with Crippen molar-refractivity contribution in [3.05, 3.63) is 94.0 Å². The molecule has 0 bridgehead atoms. The maximum atomic E-state index is 12.6. The predicted octanol–water partition coefficient (Wildman–Crippen LogP) is 4.65. The molecule has 2 heterocycles. The van der Waals surface area contributed by atoms with Crippen molar-refractivity contribution < 1.29 is 4.79 Å².